The lowest BCUT2D eigenvalue weighted by Crippen LogP contribution is -2.29. The highest BCUT2D eigenvalue weighted by atomic mass is 35.5. The molecule has 31 heavy (non-hydrogen) atoms. The fourth-order valence-corrected chi connectivity index (χ4v) is 4.52. The van der Waals surface area contributed by atoms with E-state index < -0.39 is 5.91 Å². The van der Waals surface area contributed by atoms with Gasteiger partial charge >= 0.3 is 0 Å². The van der Waals surface area contributed by atoms with Gasteiger partial charge in [-0.2, -0.15) is 0 Å². The summed E-state index contributed by atoms with van der Waals surface area (Å²) < 4.78 is 0. The number of benzene rings is 2. The number of H-pyrrole nitrogens is 1. The average Bonchev–Trinajstić information content (AvgIpc) is 3.42. The molecule has 0 saturated carbocycles. The molecule has 1 aromatic heterocycles. The molecule has 0 aliphatic carbocycles. The number of fused-ring (bicyclic) bond motifs is 1. The number of imidazole rings is 1. The first-order valence-corrected chi connectivity index (χ1v) is 11.2. The topological polar surface area (TPSA) is 92.1 Å². The third-order valence-corrected chi connectivity index (χ3v) is 6.20. The van der Waals surface area contributed by atoms with E-state index in [0.29, 0.717) is 22.6 Å². The molecule has 162 valence electrons. The molecule has 1 saturated heterocycles. The first kappa shape index (κ1) is 21.4. The number of likely N-dealkylation sites (tertiary alicyclic amines) is 1. The number of nitrogens with zero attached hydrogens (tertiary/aromatic N) is 2. The van der Waals surface area contributed by atoms with Gasteiger partial charge in [-0.3, -0.25) is 9.59 Å². The van der Waals surface area contributed by atoms with Crippen LogP contribution in [0.1, 0.15) is 70.6 Å². The van der Waals surface area contributed by atoms with E-state index >= 15 is 0 Å². The number of aromatic nitrogens is 2. The van der Waals surface area contributed by atoms with Crippen molar-refractivity contribution in [2.75, 3.05) is 13.1 Å². The molecular formula is C24H27ClN4O2. The maximum Gasteiger partial charge on any atom is 0.254 e. The van der Waals surface area contributed by atoms with Crippen molar-refractivity contribution in [1.82, 2.24) is 14.9 Å². The van der Waals surface area contributed by atoms with Crippen LogP contribution in [-0.4, -0.2) is 39.8 Å². The lowest BCUT2D eigenvalue weighted by molar-refractivity contribution is 0.0791. The molecule has 2 aromatic carbocycles. The van der Waals surface area contributed by atoms with Crippen LogP contribution in [0.15, 0.2) is 36.4 Å². The predicted molar refractivity (Wildman–Crippen MR) is 123 cm³/mol. The van der Waals surface area contributed by atoms with Crippen LogP contribution in [-0.2, 0) is 6.42 Å². The third-order valence-electron chi connectivity index (χ3n) is 5.97. The molecule has 0 unspecified atom stereocenters. The summed E-state index contributed by atoms with van der Waals surface area (Å²) in [4.78, 5) is 35.1. The Hall–Kier alpha value is -2.86. The van der Waals surface area contributed by atoms with Gasteiger partial charge in [-0.1, -0.05) is 24.9 Å². The molecule has 3 N–H and O–H groups in total. The summed E-state index contributed by atoms with van der Waals surface area (Å²) in [5.74, 6) is 0.467. The van der Waals surface area contributed by atoms with E-state index in [1.54, 1.807) is 18.2 Å². The summed E-state index contributed by atoms with van der Waals surface area (Å²) >= 11 is 6.12. The van der Waals surface area contributed by atoms with Crippen molar-refractivity contribution in [1.29, 1.82) is 0 Å². The van der Waals surface area contributed by atoms with Crippen LogP contribution in [0.5, 0.6) is 0 Å². The molecule has 0 bridgehead atoms. The quantitative estimate of drug-likeness (QED) is 0.561. The first-order valence-electron chi connectivity index (χ1n) is 10.8. The monoisotopic (exact) mass is 438 g/mol. The van der Waals surface area contributed by atoms with Crippen molar-refractivity contribution < 1.29 is 9.59 Å². The van der Waals surface area contributed by atoms with Gasteiger partial charge in [0.05, 0.1) is 11.0 Å². The zero-order chi connectivity index (χ0) is 22.0. The van der Waals surface area contributed by atoms with Crippen LogP contribution < -0.4 is 5.73 Å². The minimum atomic E-state index is -0.494. The number of carbonyl (C=O) groups is 2. The zero-order valence-corrected chi connectivity index (χ0v) is 18.4. The normalized spacial score (nSPS) is 14.8. The number of rotatable bonds is 7. The van der Waals surface area contributed by atoms with Gasteiger partial charge in [-0.15, -0.1) is 0 Å². The number of nitrogens with two attached hydrogens (primary N) is 1. The summed E-state index contributed by atoms with van der Waals surface area (Å²) in [6.07, 6.45) is 4.51. The van der Waals surface area contributed by atoms with Gasteiger partial charge in [0.1, 0.15) is 5.82 Å². The van der Waals surface area contributed by atoms with Gasteiger partial charge in [0.2, 0.25) is 5.91 Å². The zero-order valence-electron chi connectivity index (χ0n) is 17.7. The van der Waals surface area contributed by atoms with E-state index in [-0.39, 0.29) is 11.8 Å². The summed E-state index contributed by atoms with van der Waals surface area (Å²) in [6.45, 7) is 3.68. The molecule has 1 aliphatic heterocycles. The number of amides is 2. The van der Waals surface area contributed by atoms with Crippen LogP contribution in [0.3, 0.4) is 0 Å². The van der Waals surface area contributed by atoms with Crippen molar-refractivity contribution >= 4 is 34.4 Å². The largest absolute Gasteiger partial charge is 0.366 e. The number of carbonyl (C=O) groups excluding carboxylic acids is 2. The van der Waals surface area contributed by atoms with E-state index in [1.165, 1.54) is 0 Å². The second kappa shape index (κ2) is 9.10. The Balaban J connectivity index is 1.71. The Labute approximate surface area is 186 Å². The number of hydrogen-bond acceptors (Lipinski definition) is 3. The van der Waals surface area contributed by atoms with Crippen LogP contribution >= 0.6 is 11.6 Å². The Kier molecular flexibility index (Phi) is 6.28. The fraction of sp³-hybridized carbons (Fsp3) is 0.375. The number of primary amides is 1. The molecule has 4 rings (SSSR count). The van der Waals surface area contributed by atoms with Crippen molar-refractivity contribution in [3.63, 3.8) is 0 Å². The van der Waals surface area contributed by atoms with Gasteiger partial charge < -0.3 is 15.6 Å². The number of halogens is 1. The predicted octanol–water partition coefficient (Wildman–Crippen LogP) is 4.68. The molecule has 1 fully saturated rings. The average molecular weight is 439 g/mol. The van der Waals surface area contributed by atoms with Crippen molar-refractivity contribution in [3.8, 4) is 0 Å². The Morgan fingerprint density at radius 2 is 1.97 bits per heavy atom. The molecule has 2 heterocycles. The van der Waals surface area contributed by atoms with E-state index in [9.17, 15) is 9.59 Å². The maximum atomic E-state index is 13.2. The SMILES string of the molecule is CCC[C@@H](Cc1cc(C(N)=O)ccc1C(=O)N1CCCC1)c1nc2cc(Cl)ccc2[nH]1. The van der Waals surface area contributed by atoms with Crippen molar-refractivity contribution in [2.45, 2.75) is 44.9 Å². The van der Waals surface area contributed by atoms with Crippen LogP contribution in [0, 0.1) is 0 Å². The van der Waals surface area contributed by atoms with E-state index in [2.05, 4.69) is 11.9 Å². The summed E-state index contributed by atoms with van der Waals surface area (Å²) in [5, 5.41) is 0.644. The highest BCUT2D eigenvalue weighted by molar-refractivity contribution is 6.31. The van der Waals surface area contributed by atoms with Gasteiger partial charge in [-0.05, 0) is 67.6 Å². The Morgan fingerprint density at radius 1 is 1.19 bits per heavy atom. The molecule has 7 heteroatoms. The summed E-state index contributed by atoms with van der Waals surface area (Å²) in [6, 6.07) is 10.8. The lowest BCUT2D eigenvalue weighted by atomic mass is 9.90. The van der Waals surface area contributed by atoms with Gasteiger partial charge in [0.15, 0.2) is 0 Å². The molecule has 3 aromatic rings. The second-order valence-electron chi connectivity index (χ2n) is 8.21. The summed E-state index contributed by atoms with van der Waals surface area (Å²) in [7, 11) is 0. The highest BCUT2D eigenvalue weighted by Crippen LogP contribution is 2.29. The Bertz CT molecular complexity index is 1120. The van der Waals surface area contributed by atoms with Crippen molar-refractivity contribution in [3.05, 3.63) is 63.9 Å². The van der Waals surface area contributed by atoms with E-state index in [4.69, 9.17) is 22.3 Å². The van der Waals surface area contributed by atoms with Crippen LogP contribution in [0.25, 0.3) is 11.0 Å². The number of nitrogens with one attached hydrogen (secondary N) is 1. The second-order valence-corrected chi connectivity index (χ2v) is 8.65. The van der Waals surface area contributed by atoms with Crippen LogP contribution in [0.4, 0.5) is 0 Å². The van der Waals surface area contributed by atoms with Crippen LogP contribution in [0.2, 0.25) is 5.02 Å². The standard InChI is InChI=1S/C24H27ClN4O2/c1-2-5-16(23-27-20-9-7-18(25)14-21(20)28-23)13-17-12-15(22(26)30)6-8-19(17)24(31)29-10-3-4-11-29/h6-9,12,14,16H,2-5,10-11,13H2,1H3,(H2,26,30)(H,27,28)/t16-/m0/s1. The third kappa shape index (κ3) is 4.59. The number of aromatic amines is 1. The van der Waals surface area contributed by atoms with Gasteiger partial charge in [0, 0.05) is 35.2 Å². The molecule has 1 atom stereocenters. The molecule has 6 nitrogen and oxygen atoms in total. The number of hydrogen-bond donors (Lipinski definition) is 2. The van der Waals surface area contributed by atoms with E-state index in [1.807, 2.05) is 23.1 Å². The molecule has 0 spiro atoms. The van der Waals surface area contributed by atoms with Gasteiger partial charge in [0.25, 0.3) is 5.91 Å². The van der Waals surface area contributed by atoms with Crippen molar-refractivity contribution in [2.24, 2.45) is 5.73 Å². The minimum Gasteiger partial charge on any atom is -0.366 e. The minimum absolute atomic E-state index is 0.0233. The molecule has 1 aliphatic rings. The van der Waals surface area contributed by atoms with E-state index in [0.717, 1.165) is 61.2 Å². The smallest absolute Gasteiger partial charge is 0.254 e. The maximum absolute atomic E-state index is 13.2. The lowest BCUT2D eigenvalue weighted by Gasteiger charge is -2.20. The molecular weight excluding hydrogens is 412 g/mol. The summed E-state index contributed by atoms with van der Waals surface area (Å²) in [5.41, 5.74) is 9.18. The Morgan fingerprint density at radius 3 is 2.68 bits per heavy atom. The first-order chi connectivity index (χ1) is 15.0. The molecule has 0 radical (unpaired) electrons. The molecule has 2 amide bonds. The van der Waals surface area contributed by atoms with Gasteiger partial charge in [-0.25, -0.2) is 4.98 Å². The fourth-order valence-electron chi connectivity index (χ4n) is 4.36. The highest BCUT2D eigenvalue weighted by Gasteiger charge is 2.25.